The summed E-state index contributed by atoms with van der Waals surface area (Å²) in [5.41, 5.74) is 1.08. The van der Waals surface area contributed by atoms with Crippen molar-refractivity contribution < 1.29 is 9.90 Å². The second-order valence-electron chi connectivity index (χ2n) is 7.15. The van der Waals surface area contributed by atoms with Crippen molar-refractivity contribution in [3.05, 3.63) is 82.9 Å². The molecule has 1 saturated heterocycles. The molecule has 5 heteroatoms. The smallest absolute Gasteiger partial charge is 0.226 e. The Labute approximate surface area is 197 Å². The quantitative estimate of drug-likeness (QED) is 0.455. The molecule has 2 aromatic carbocycles. The molecule has 1 N–H and O–H groups in total. The number of amides is 1. The Kier molecular flexibility index (Phi) is 13.2. The van der Waals surface area contributed by atoms with Gasteiger partial charge >= 0.3 is 0 Å². The van der Waals surface area contributed by atoms with Crippen molar-refractivity contribution in [1.82, 2.24) is 4.90 Å². The number of likely N-dealkylation sites (tertiary alicyclic amines) is 1. The number of hydrogen-bond acceptors (Lipinski definition) is 2. The highest BCUT2D eigenvalue weighted by Gasteiger charge is 2.38. The Balaban J connectivity index is 0.000000447. The Morgan fingerprint density at radius 3 is 2.10 bits per heavy atom. The third kappa shape index (κ3) is 8.33. The summed E-state index contributed by atoms with van der Waals surface area (Å²) in [4.78, 5) is 14.8. The lowest BCUT2D eigenvalue weighted by atomic mass is 9.85. The van der Waals surface area contributed by atoms with Gasteiger partial charge in [-0.1, -0.05) is 80.4 Å². The maximum absolute atomic E-state index is 12.9. The van der Waals surface area contributed by atoms with E-state index < -0.39 is 0 Å². The van der Waals surface area contributed by atoms with Crippen LogP contribution in [-0.2, 0) is 4.79 Å². The predicted octanol–water partition coefficient (Wildman–Crippen LogP) is 7.33. The molecule has 0 bridgehead atoms. The van der Waals surface area contributed by atoms with Gasteiger partial charge in [0.2, 0.25) is 5.91 Å². The molecular formula is C26H35Cl2NO2. The van der Waals surface area contributed by atoms with Crippen molar-refractivity contribution in [3.8, 4) is 0 Å². The number of aliphatic hydroxyl groups excluding tert-OH is 1. The number of benzene rings is 2. The molecule has 170 valence electrons. The first-order valence-electron chi connectivity index (χ1n) is 11.0. The van der Waals surface area contributed by atoms with E-state index in [4.69, 9.17) is 23.2 Å². The first-order valence-corrected chi connectivity index (χ1v) is 11.8. The summed E-state index contributed by atoms with van der Waals surface area (Å²) in [5, 5.41) is 11.2. The molecule has 0 saturated carbocycles. The average molecular weight is 464 g/mol. The van der Waals surface area contributed by atoms with Crippen LogP contribution in [0, 0.1) is 5.92 Å². The molecule has 3 atom stereocenters. The number of carbonyl (C=O) groups excluding carboxylic acids is 1. The van der Waals surface area contributed by atoms with Crippen LogP contribution < -0.4 is 0 Å². The Morgan fingerprint density at radius 1 is 1.06 bits per heavy atom. The van der Waals surface area contributed by atoms with E-state index in [0.717, 1.165) is 29.8 Å². The maximum atomic E-state index is 12.9. The van der Waals surface area contributed by atoms with Gasteiger partial charge in [-0.05, 0) is 55.5 Å². The standard InChI is InChI=1S/C18H24ClNO2.C6H5Cl.C2H6/c1-3-5-14-8-11-17(13-6-9-15(19)10-7-13)20(18(14)22)16(4-2)12-21;7-6-4-2-1-3-5-6;1-2/h3,6-7,9-10,14,16-17,21H,1,4-5,8,11-12H2,2H3;1-5H;1-2H3. The SMILES string of the molecule is C=CCC1CCC(c2ccc(Cl)cc2)N(C(CC)CO)C1=O.CC.Clc1ccccc1. The molecule has 1 aliphatic heterocycles. The number of nitrogens with zero attached hydrogens (tertiary/aromatic N) is 1. The summed E-state index contributed by atoms with van der Waals surface area (Å²) in [6.07, 6.45) is 5.01. The van der Waals surface area contributed by atoms with Crippen molar-refractivity contribution >= 4 is 29.1 Å². The Hall–Kier alpha value is -1.81. The van der Waals surface area contributed by atoms with Crippen molar-refractivity contribution in [1.29, 1.82) is 0 Å². The lowest BCUT2D eigenvalue weighted by Crippen LogP contribution is -2.50. The third-order valence-corrected chi connectivity index (χ3v) is 5.75. The molecule has 0 aliphatic carbocycles. The molecule has 0 spiro atoms. The molecule has 3 rings (SSSR count). The van der Waals surface area contributed by atoms with Gasteiger partial charge in [0.15, 0.2) is 0 Å². The van der Waals surface area contributed by atoms with Gasteiger partial charge in [-0.2, -0.15) is 0 Å². The van der Waals surface area contributed by atoms with Gasteiger partial charge in [-0.25, -0.2) is 0 Å². The van der Waals surface area contributed by atoms with E-state index in [2.05, 4.69) is 6.58 Å². The largest absolute Gasteiger partial charge is 0.394 e. The molecule has 1 aliphatic rings. The van der Waals surface area contributed by atoms with Crippen molar-refractivity contribution in [2.75, 3.05) is 6.61 Å². The van der Waals surface area contributed by atoms with Crippen LogP contribution in [0.5, 0.6) is 0 Å². The maximum Gasteiger partial charge on any atom is 0.226 e. The summed E-state index contributed by atoms with van der Waals surface area (Å²) in [6, 6.07) is 17.0. The molecule has 31 heavy (non-hydrogen) atoms. The Bertz CT molecular complexity index is 761. The summed E-state index contributed by atoms with van der Waals surface area (Å²) < 4.78 is 0. The number of carbonyl (C=O) groups is 1. The van der Waals surface area contributed by atoms with Gasteiger partial charge in [-0.3, -0.25) is 4.79 Å². The van der Waals surface area contributed by atoms with Crippen LogP contribution in [-0.4, -0.2) is 28.6 Å². The highest BCUT2D eigenvalue weighted by Crippen LogP contribution is 2.37. The number of rotatable bonds is 6. The molecule has 3 nitrogen and oxygen atoms in total. The first kappa shape index (κ1) is 27.2. The van der Waals surface area contributed by atoms with Gasteiger partial charge < -0.3 is 10.0 Å². The number of hydrogen-bond donors (Lipinski definition) is 1. The van der Waals surface area contributed by atoms with Crippen molar-refractivity contribution in [2.24, 2.45) is 5.92 Å². The fourth-order valence-corrected chi connectivity index (χ4v) is 3.95. The highest BCUT2D eigenvalue weighted by atomic mass is 35.5. The summed E-state index contributed by atoms with van der Waals surface area (Å²) in [5.74, 6) is 0.119. The van der Waals surface area contributed by atoms with Gasteiger partial charge in [0.25, 0.3) is 0 Å². The average Bonchev–Trinajstić information content (AvgIpc) is 2.80. The zero-order valence-corrected chi connectivity index (χ0v) is 20.3. The minimum atomic E-state index is -0.138. The summed E-state index contributed by atoms with van der Waals surface area (Å²) >= 11 is 11.5. The second-order valence-corrected chi connectivity index (χ2v) is 8.02. The normalized spacial score (nSPS) is 18.8. The molecule has 2 aromatic rings. The lowest BCUT2D eigenvalue weighted by molar-refractivity contribution is -0.146. The van der Waals surface area contributed by atoms with Gasteiger partial charge in [0.1, 0.15) is 0 Å². The summed E-state index contributed by atoms with van der Waals surface area (Å²) in [7, 11) is 0. The van der Waals surface area contributed by atoms with Crippen LogP contribution in [0.2, 0.25) is 10.0 Å². The molecule has 0 radical (unpaired) electrons. The monoisotopic (exact) mass is 463 g/mol. The van der Waals surface area contributed by atoms with Crippen LogP contribution in [0.25, 0.3) is 0 Å². The first-order chi connectivity index (χ1) is 15.0. The van der Waals surface area contributed by atoms with E-state index in [-0.39, 0.29) is 30.5 Å². The van der Waals surface area contributed by atoms with E-state index >= 15 is 0 Å². The fourth-order valence-electron chi connectivity index (χ4n) is 3.68. The van der Waals surface area contributed by atoms with Crippen molar-refractivity contribution in [3.63, 3.8) is 0 Å². The van der Waals surface area contributed by atoms with Gasteiger partial charge in [0.05, 0.1) is 18.7 Å². The number of aliphatic hydroxyl groups is 1. The Morgan fingerprint density at radius 2 is 1.65 bits per heavy atom. The number of halogens is 2. The zero-order chi connectivity index (χ0) is 23.2. The minimum absolute atomic E-state index is 0.00681. The molecule has 1 fully saturated rings. The van der Waals surface area contributed by atoms with Crippen LogP contribution in [0.4, 0.5) is 0 Å². The second kappa shape index (κ2) is 15.1. The van der Waals surface area contributed by atoms with E-state index in [1.807, 2.05) is 86.3 Å². The van der Waals surface area contributed by atoms with Crippen LogP contribution in [0.3, 0.4) is 0 Å². The minimum Gasteiger partial charge on any atom is -0.394 e. The fraction of sp³-hybridized carbons (Fsp3) is 0.423. The molecule has 1 amide bonds. The zero-order valence-electron chi connectivity index (χ0n) is 18.8. The van der Waals surface area contributed by atoms with Gasteiger partial charge in [0, 0.05) is 16.0 Å². The highest BCUT2D eigenvalue weighted by molar-refractivity contribution is 6.30. The molecule has 3 unspecified atom stereocenters. The van der Waals surface area contributed by atoms with E-state index in [9.17, 15) is 9.90 Å². The van der Waals surface area contributed by atoms with Crippen molar-refractivity contribution in [2.45, 2.75) is 58.5 Å². The predicted molar refractivity (Wildman–Crippen MR) is 133 cm³/mol. The molecular weight excluding hydrogens is 429 g/mol. The topological polar surface area (TPSA) is 40.5 Å². The van der Waals surface area contributed by atoms with Crippen LogP contribution in [0.15, 0.2) is 67.3 Å². The summed E-state index contributed by atoms with van der Waals surface area (Å²) in [6.45, 7) is 9.75. The third-order valence-electron chi connectivity index (χ3n) is 5.24. The van der Waals surface area contributed by atoms with E-state index in [1.165, 1.54) is 0 Å². The van der Waals surface area contributed by atoms with Gasteiger partial charge in [-0.15, -0.1) is 6.58 Å². The molecule has 0 aromatic heterocycles. The van der Waals surface area contributed by atoms with E-state index in [1.54, 1.807) is 0 Å². The number of allylic oxidation sites excluding steroid dienone is 1. The van der Waals surface area contributed by atoms with Crippen LogP contribution in [0.1, 0.15) is 58.1 Å². The van der Waals surface area contributed by atoms with Crippen LogP contribution >= 0.6 is 23.2 Å². The molecule has 1 heterocycles. The number of piperidine rings is 1. The lowest BCUT2D eigenvalue weighted by Gasteiger charge is -2.43. The van der Waals surface area contributed by atoms with E-state index in [0.29, 0.717) is 11.4 Å².